The standard InChI is InChI=1S/C24H23N5O7S/c1-5-18(30)28-15-10-8-7-9-14(15)20-22(25-24(37-4)27-26-20)36-23(28)13-11-16(29(32)33)21(17(12-13)34-3)35-19(31)6-2/h7-12,23H,5-6H2,1-4H3/t23-/m1/s1. The van der Waals surface area contributed by atoms with Crippen LogP contribution in [0, 0.1) is 10.1 Å². The third kappa shape index (κ3) is 4.89. The Balaban J connectivity index is 1.99. The molecule has 0 bridgehead atoms. The summed E-state index contributed by atoms with van der Waals surface area (Å²) < 4.78 is 16.9. The molecular formula is C24H23N5O7S. The number of nitro benzene ring substituents is 1. The van der Waals surface area contributed by atoms with Crippen molar-refractivity contribution in [3.63, 3.8) is 0 Å². The van der Waals surface area contributed by atoms with Crippen molar-refractivity contribution in [1.82, 2.24) is 15.2 Å². The molecule has 1 atom stereocenters. The molecule has 0 unspecified atom stereocenters. The van der Waals surface area contributed by atoms with Crippen molar-refractivity contribution in [2.75, 3.05) is 18.3 Å². The molecule has 1 amide bonds. The molecule has 1 aliphatic heterocycles. The number of thioether (sulfide) groups is 1. The Hall–Kier alpha value is -4.26. The number of hydrogen-bond donors (Lipinski definition) is 0. The van der Waals surface area contributed by atoms with Crippen molar-refractivity contribution in [3.8, 4) is 28.6 Å². The van der Waals surface area contributed by atoms with Crippen LogP contribution in [0.2, 0.25) is 0 Å². The van der Waals surface area contributed by atoms with Gasteiger partial charge in [-0.3, -0.25) is 24.6 Å². The predicted octanol–water partition coefficient (Wildman–Crippen LogP) is 4.33. The van der Waals surface area contributed by atoms with Gasteiger partial charge in [-0.1, -0.05) is 43.8 Å². The maximum absolute atomic E-state index is 13.3. The molecule has 0 spiro atoms. The normalized spacial score (nSPS) is 14.1. The van der Waals surface area contributed by atoms with Crippen LogP contribution in [0.25, 0.3) is 11.3 Å². The molecule has 2 heterocycles. The van der Waals surface area contributed by atoms with Gasteiger partial charge in [-0.15, -0.1) is 10.2 Å². The molecule has 0 saturated carbocycles. The SMILES string of the molecule is CCC(=O)Oc1c(OC)cc([C@H]2Oc3nc(SC)nnc3-c3ccccc3N2C(=O)CC)cc1[N+](=O)[O-]. The van der Waals surface area contributed by atoms with Crippen LogP contribution in [0.1, 0.15) is 38.5 Å². The number of benzene rings is 2. The Morgan fingerprint density at radius 1 is 1.19 bits per heavy atom. The van der Waals surface area contributed by atoms with Gasteiger partial charge in [0.05, 0.1) is 17.7 Å². The van der Waals surface area contributed by atoms with Crippen LogP contribution in [0.5, 0.6) is 17.4 Å². The van der Waals surface area contributed by atoms with E-state index in [1.54, 1.807) is 44.4 Å². The van der Waals surface area contributed by atoms with Crippen molar-refractivity contribution in [2.24, 2.45) is 0 Å². The zero-order chi connectivity index (χ0) is 26.7. The van der Waals surface area contributed by atoms with Gasteiger partial charge >= 0.3 is 11.7 Å². The fourth-order valence-corrected chi connectivity index (χ4v) is 4.08. The second-order valence-electron chi connectivity index (χ2n) is 7.71. The number of para-hydroxylation sites is 1. The second kappa shape index (κ2) is 10.8. The molecule has 1 aliphatic rings. The lowest BCUT2D eigenvalue weighted by molar-refractivity contribution is -0.385. The summed E-state index contributed by atoms with van der Waals surface area (Å²) in [5.41, 5.74) is 1.03. The van der Waals surface area contributed by atoms with Gasteiger partial charge in [0.25, 0.3) is 0 Å². The smallest absolute Gasteiger partial charge is 0.316 e. The minimum absolute atomic E-state index is 0.00459. The summed E-state index contributed by atoms with van der Waals surface area (Å²) in [6, 6.07) is 9.66. The van der Waals surface area contributed by atoms with Gasteiger partial charge in [-0.05, 0) is 18.4 Å². The summed E-state index contributed by atoms with van der Waals surface area (Å²) in [5, 5.41) is 20.8. The third-order valence-corrected chi connectivity index (χ3v) is 6.07. The van der Waals surface area contributed by atoms with Crippen LogP contribution >= 0.6 is 11.8 Å². The van der Waals surface area contributed by atoms with Crippen LogP contribution < -0.4 is 19.1 Å². The Morgan fingerprint density at radius 2 is 1.95 bits per heavy atom. The monoisotopic (exact) mass is 525 g/mol. The fourth-order valence-electron chi connectivity index (χ4n) is 3.78. The number of anilines is 1. The maximum atomic E-state index is 13.3. The van der Waals surface area contributed by atoms with Gasteiger partial charge in [0.15, 0.2) is 11.4 Å². The number of nitrogens with zero attached hydrogens (tertiary/aromatic N) is 5. The average molecular weight is 526 g/mol. The number of ether oxygens (including phenoxy) is 3. The Morgan fingerprint density at radius 3 is 2.59 bits per heavy atom. The number of methoxy groups -OCH3 is 1. The lowest BCUT2D eigenvalue weighted by atomic mass is 10.1. The number of carbonyl (C=O) groups excluding carboxylic acids is 2. The number of nitro groups is 1. The topological polar surface area (TPSA) is 147 Å². The Kier molecular flexibility index (Phi) is 7.53. The first kappa shape index (κ1) is 25.8. The lowest BCUT2D eigenvalue weighted by Gasteiger charge is -2.30. The molecule has 192 valence electrons. The number of aromatic nitrogens is 3. The van der Waals surface area contributed by atoms with Gasteiger partial charge < -0.3 is 14.2 Å². The van der Waals surface area contributed by atoms with Gasteiger partial charge in [-0.25, -0.2) is 0 Å². The molecule has 0 N–H and O–H groups in total. The van der Waals surface area contributed by atoms with Crippen LogP contribution in [0.3, 0.4) is 0 Å². The van der Waals surface area contributed by atoms with E-state index < -0.39 is 22.8 Å². The summed E-state index contributed by atoms with van der Waals surface area (Å²) in [4.78, 5) is 42.5. The number of carbonyl (C=O) groups is 2. The van der Waals surface area contributed by atoms with E-state index in [0.29, 0.717) is 22.1 Å². The van der Waals surface area contributed by atoms with Crippen LogP contribution in [-0.2, 0) is 9.59 Å². The van der Waals surface area contributed by atoms with Gasteiger partial charge in [0.2, 0.25) is 28.9 Å². The average Bonchev–Trinajstić information content (AvgIpc) is 3.06. The molecule has 4 rings (SSSR count). The van der Waals surface area contributed by atoms with E-state index in [0.717, 1.165) is 0 Å². The number of amides is 1. The van der Waals surface area contributed by atoms with E-state index in [1.807, 2.05) is 0 Å². The molecule has 0 fully saturated rings. The summed E-state index contributed by atoms with van der Waals surface area (Å²) in [7, 11) is 1.29. The largest absolute Gasteiger partial charge is 0.493 e. The molecule has 3 aromatic rings. The van der Waals surface area contributed by atoms with E-state index in [1.165, 1.54) is 35.9 Å². The highest BCUT2D eigenvalue weighted by molar-refractivity contribution is 7.98. The summed E-state index contributed by atoms with van der Waals surface area (Å²) in [5.74, 6) is -1.28. The summed E-state index contributed by atoms with van der Waals surface area (Å²) in [6.07, 6.45) is 0.712. The number of hydrogen-bond acceptors (Lipinski definition) is 11. The molecule has 37 heavy (non-hydrogen) atoms. The quantitative estimate of drug-likeness (QED) is 0.143. The summed E-state index contributed by atoms with van der Waals surface area (Å²) in [6.45, 7) is 3.26. The minimum Gasteiger partial charge on any atom is -0.493 e. The second-order valence-corrected chi connectivity index (χ2v) is 8.49. The van der Waals surface area contributed by atoms with E-state index in [-0.39, 0.29) is 41.7 Å². The third-order valence-electron chi connectivity index (χ3n) is 5.53. The van der Waals surface area contributed by atoms with Crippen molar-refractivity contribution in [2.45, 2.75) is 38.1 Å². The molecule has 12 nitrogen and oxygen atoms in total. The molecule has 0 saturated heterocycles. The fraction of sp³-hybridized carbons (Fsp3) is 0.292. The van der Waals surface area contributed by atoms with Crippen molar-refractivity contribution in [1.29, 1.82) is 0 Å². The molecule has 0 radical (unpaired) electrons. The van der Waals surface area contributed by atoms with Crippen molar-refractivity contribution >= 4 is 35.0 Å². The molecule has 2 aromatic carbocycles. The highest BCUT2D eigenvalue weighted by Crippen LogP contribution is 2.46. The lowest BCUT2D eigenvalue weighted by Crippen LogP contribution is -2.37. The Labute approximate surface area is 216 Å². The minimum atomic E-state index is -1.19. The van der Waals surface area contributed by atoms with E-state index in [9.17, 15) is 19.7 Å². The highest BCUT2D eigenvalue weighted by Gasteiger charge is 2.37. The first-order valence-electron chi connectivity index (χ1n) is 11.3. The van der Waals surface area contributed by atoms with E-state index in [2.05, 4.69) is 15.2 Å². The van der Waals surface area contributed by atoms with Crippen LogP contribution in [0.4, 0.5) is 11.4 Å². The van der Waals surface area contributed by atoms with Crippen LogP contribution in [0.15, 0.2) is 41.6 Å². The zero-order valence-corrected chi connectivity index (χ0v) is 21.3. The van der Waals surface area contributed by atoms with Crippen LogP contribution in [-0.4, -0.2) is 45.3 Å². The molecule has 1 aromatic heterocycles. The molecular weight excluding hydrogens is 502 g/mol. The highest BCUT2D eigenvalue weighted by atomic mass is 32.2. The summed E-state index contributed by atoms with van der Waals surface area (Å²) >= 11 is 1.26. The van der Waals surface area contributed by atoms with E-state index in [4.69, 9.17) is 14.2 Å². The predicted molar refractivity (Wildman–Crippen MR) is 134 cm³/mol. The number of fused-ring (bicyclic) bond motifs is 3. The molecule has 13 heteroatoms. The molecule has 0 aliphatic carbocycles. The van der Waals surface area contributed by atoms with Crippen molar-refractivity contribution in [3.05, 3.63) is 52.1 Å². The van der Waals surface area contributed by atoms with Gasteiger partial charge in [0.1, 0.15) is 0 Å². The first-order valence-corrected chi connectivity index (χ1v) is 12.5. The first-order chi connectivity index (χ1) is 17.8. The Bertz CT molecular complexity index is 1380. The number of rotatable bonds is 7. The maximum Gasteiger partial charge on any atom is 0.316 e. The zero-order valence-electron chi connectivity index (χ0n) is 20.5. The van der Waals surface area contributed by atoms with E-state index >= 15 is 0 Å². The van der Waals surface area contributed by atoms with Crippen molar-refractivity contribution < 1.29 is 28.7 Å². The van der Waals surface area contributed by atoms with Gasteiger partial charge in [-0.2, -0.15) is 4.98 Å². The van der Waals surface area contributed by atoms with Gasteiger partial charge in [0, 0.05) is 30.0 Å². The number of esters is 1.